The first kappa shape index (κ1) is 19.4. The number of benzene rings is 1. The van der Waals surface area contributed by atoms with E-state index in [0.717, 1.165) is 12.0 Å². The highest BCUT2D eigenvalue weighted by molar-refractivity contribution is 6.30. The SMILES string of the molecule is CCOC(=O)C1(Cc2cccc(Cl)c2)CCCN(C(=O)c2ccncc2)C1. The van der Waals surface area contributed by atoms with E-state index in [-0.39, 0.29) is 11.9 Å². The second-order valence-electron chi connectivity index (χ2n) is 6.87. The highest BCUT2D eigenvalue weighted by atomic mass is 35.5. The van der Waals surface area contributed by atoms with Crippen LogP contribution in [-0.4, -0.2) is 41.5 Å². The molecule has 27 heavy (non-hydrogen) atoms. The standard InChI is InChI=1S/C21H23ClN2O3/c1-2-27-20(26)21(14-16-5-3-6-18(22)13-16)9-4-12-24(15-21)19(25)17-7-10-23-11-8-17/h3,5-8,10-11,13H,2,4,9,12,14-15H2,1H3. The van der Waals surface area contributed by atoms with Crippen molar-refractivity contribution in [1.29, 1.82) is 0 Å². The van der Waals surface area contributed by atoms with Crippen LogP contribution in [0, 0.1) is 5.41 Å². The van der Waals surface area contributed by atoms with Crippen molar-refractivity contribution in [2.45, 2.75) is 26.2 Å². The molecule has 2 aromatic rings. The van der Waals surface area contributed by atoms with Gasteiger partial charge in [0.1, 0.15) is 0 Å². The lowest BCUT2D eigenvalue weighted by Gasteiger charge is -2.41. The Hall–Kier alpha value is -2.40. The fraction of sp³-hybridized carbons (Fsp3) is 0.381. The molecule has 0 radical (unpaired) electrons. The van der Waals surface area contributed by atoms with Gasteiger partial charge in [0, 0.05) is 36.1 Å². The molecule has 1 aromatic heterocycles. The zero-order valence-electron chi connectivity index (χ0n) is 15.4. The van der Waals surface area contributed by atoms with E-state index in [9.17, 15) is 9.59 Å². The van der Waals surface area contributed by atoms with E-state index in [1.807, 2.05) is 24.3 Å². The number of carbonyl (C=O) groups excluding carboxylic acids is 2. The van der Waals surface area contributed by atoms with Gasteiger partial charge < -0.3 is 9.64 Å². The first-order valence-corrected chi connectivity index (χ1v) is 9.53. The number of piperidine rings is 1. The van der Waals surface area contributed by atoms with Gasteiger partial charge in [0.15, 0.2) is 0 Å². The average molecular weight is 387 g/mol. The third-order valence-corrected chi connectivity index (χ3v) is 5.17. The van der Waals surface area contributed by atoms with Crippen molar-refractivity contribution in [1.82, 2.24) is 9.88 Å². The molecule has 1 amide bonds. The number of nitrogens with zero attached hydrogens (tertiary/aromatic N) is 2. The van der Waals surface area contributed by atoms with Gasteiger partial charge in [-0.25, -0.2) is 0 Å². The fourth-order valence-electron chi connectivity index (χ4n) is 3.69. The van der Waals surface area contributed by atoms with Crippen molar-refractivity contribution in [3.05, 3.63) is 64.9 Å². The van der Waals surface area contributed by atoms with Gasteiger partial charge in [-0.05, 0) is 56.0 Å². The van der Waals surface area contributed by atoms with Gasteiger partial charge in [-0.3, -0.25) is 14.6 Å². The lowest BCUT2D eigenvalue weighted by atomic mass is 9.75. The summed E-state index contributed by atoms with van der Waals surface area (Å²) in [6.45, 7) is 3.07. The van der Waals surface area contributed by atoms with Crippen molar-refractivity contribution in [3.63, 3.8) is 0 Å². The van der Waals surface area contributed by atoms with Crippen LogP contribution in [-0.2, 0) is 16.0 Å². The van der Waals surface area contributed by atoms with Crippen LogP contribution in [0.25, 0.3) is 0 Å². The number of carbonyl (C=O) groups is 2. The largest absolute Gasteiger partial charge is 0.466 e. The molecule has 1 saturated heterocycles. The predicted octanol–water partition coefficient (Wildman–Crippen LogP) is 3.76. The summed E-state index contributed by atoms with van der Waals surface area (Å²) in [6.07, 6.45) is 5.12. The Labute approximate surface area is 164 Å². The second-order valence-corrected chi connectivity index (χ2v) is 7.31. The molecule has 0 spiro atoms. The number of hydrogen-bond donors (Lipinski definition) is 0. The van der Waals surface area contributed by atoms with Crippen LogP contribution in [0.3, 0.4) is 0 Å². The summed E-state index contributed by atoms with van der Waals surface area (Å²) >= 11 is 6.12. The van der Waals surface area contributed by atoms with Crippen molar-refractivity contribution < 1.29 is 14.3 Å². The normalized spacial score (nSPS) is 19.6. The fourth-order valence-corrected chi connectivity index (χ4v) is 3.90. The number of pyridine rings is 1. The number of rotatable bonds is 5. The number of hydrogen-bond acceptors (Lipinski definition) is 4. The average Bonchev–Trinajstić information content (AvgIpc) is 2.68. The molecule has 1 aliphatic heterocycles. The topological polar surface area (TPSA) is 59.5 Å². The Morgan fingerprint density at radius 2 is 2.04 bits per heavy atom. The monoisotopic (exact) mass is 386 g/mol. The molecule has 1 unspecified atom stereocenters. The number of ether oxygens (including phenoxy) is 1. The van der Waals surface area contributed by atoms with Crippen molar-refractivity contribution in [2.24, 2.45) is 5.41 Å². The molecule has 1 aromatic carbocycles. The van der Waals surface area contributed by atoms with E-state index in [2.05, 4.69) is 4.98 Å². The van der Waals surface area contributed by atoms with Crippen molar-refractivity contribution >= 4 is 23.5 Å². The maximum atomic E-state index is 12.9. The summed E-state index contributed by atoms with van der Waals surface area (Å²) in [5.74, 6) is -0.339. The van der Waals surface area contributed by atoms with Gasteiger partial charge >= 0.3 is 5.97 Å². The van der Waals surface area contributed by atoms with E-state index < -0.39 is 5.41 Å². The number of halogens is 1. The van der Waals surface area contributed by atoms with Crippen LogP contribution >= 0.6 is 11.6 Å². The number of aromatic nitrogens is 1. The summed E-state index contributed by atoms with van der Waals surface area (Å²) in [5, 5.41) is 0.632. The minimum Gasteiger partial charge on any atom is -0.466 e. The maximum Gasteiger partial charge on any atom is 0.314 e. The van der Waals surface area contributed by atoms with Crippen molar-refractivity contribution in [3.8, 4) is 0 Å². The summed E-state index contributed by atoms with van der Waals surface area (Å²) in [7, 11) is 0. The summed E-state index contributed by atoms with van der Waals surface area (Å²) < 4.78 is 5.40. The third kappa shape index (κ3) is 4.48. The van der Waals surface area contributed by atoms with Crippen LogP contribution in [0.4, 0.5) is 0 Å². The molecule has 6 heteroatoms. The Morgan fingerprint density at radius 1 is 1.26 bits per heavy atom. The van der Waals surface area contributed by atoms with Gasteiger partial charge in [0.25, 0.3) is 5.91 Å². The number of esters is 1. The highest BCUT2D eigenvalue weighted by Gasteiger charge is 2.44. The zero-order chi connectivity index (χ0) is 19.3. The Balaban J connectivity index is 1.88. The Bertz CT molecular complexity index is 812. The van der Waals surface area contributed by atoms with Crippen LogP contribution in [0.1, 0.15) is 35.7 Å². The minimum absolute atomic E-state index is 0.0862. The molecule has 0 N–H and O–H groups in total. The molecular weight excluding hydrogens is 364 g/mol. The molecule has 5 nitrogen and oxygen atoms in total. The molecule has 0 saturated carbocycles. The van der Waals surface area contributed by atoms with E-state index >= 15 is 0 Å². The Kier molecular flexibility index (Phi) is 6.11. The smallest absolute Gasteiger partial charge is 0.314 e. The van der Waals surface area contributed by atoms with Crippen molar-refractivity contribution in [2.75, 3.05) is 19.7 Å². The minimum atomic E-state index is -0.762. The first-order valence-electron chi connectivity index (χ1n) is 9.15. The van der Waals surface area contributed by atoms with E-state index in [0.29, 0.717) is 43.1 Å². The third-order valence-electron chi connectivity index (χ3n) is 4.93. The van der Waals surface area contributed by atoms with E-state index in [1.54, 1.807) is 36.4 Å². The van der Waals surface area contributed by atoms with Crippen LogP contribution in [0.2, 0.25) is 5.02 Å². The zero-order valence-corrected chi connectivity index (χ0v) is 16.1. The van der Waals surface area contributed by atoms with Gasteiger partial charge in [0.2, 0.25) is 0 Å². The Morgan fingerprint density at radius 3 is 2.74 bits per heavy atom. The summed E-state index contributed by atoms with van der Waals surface area (Å²) in [5.41, 5.74) is 0.780. The molecule has 142 valence electrons. The van der Waals surface area contributed by atoms with Gasteiger partial charge in [0.05, 0.1) is 12.0 Å². The van der Waals surface area contributed by atoms with Crippen LogP contribution in [0.5, 0.6) is 0 Å². The lowest BCUT2D eigenvalue weighted by Crippen LogP contribution is -2.51. The molecule has 2 heterocycles. The highest BCUT2D eigenvalue weighted by Crippen LogP contribution is 2.36. The number of likely N-dealkylation sites (tertiary alicyclic amines) is 1. The molecular formula is C21H23ClN2O3. The second kappa shape index (κ2) is 8.53. The summed E-state index contributed by atoms with van der Waals surface area (Å²) in [4.78, 5) is 31.5. The first-order chi connectivity index (χ1) is 13.0. The molecule has 1 atom stereocenters. The van der Waals surface area contributed by atoms with E-state index in [4.69, 9.17) is 16.3 Å². The summed E-state index contributed by atoms with van der Waals surface area (Å²) in [6, 6.07) is 10.9. The van der Waals surface area contributed by atoms with Gasteiger partial charge in [-0.15, -0.1) is 0 Å². The lowest BCUT2D eigenvalue weighted by molar-refractivity contribution is -0.158. The molecule has 0 bridgehead atoms. The van der Waals surface area contributed by atoms with Crippen LogP contribution in [0.15, 0.2) is 48.8 Å². The number of amides is 1. The quantitative estimate of drug-likeness (QED) is 0.734. The van der Waals surface area contributed by atoms with Crippen LogP contribution < -0.4 is 0 Å². The molecule has 1 fully saturated rings. The molecule has 3 rings (SSSR count). The maximum absolute atomic E-state index is 12.9. The molecule has 0 aliphatic carbocycles. The predicted molar refractivity (Wildman–Crippen MR) is 104 cm³/mol. The van der Waals surface area contributed by atoms with Gasteiger partial charge in [-0.1, -0.05) is 23.7 Å². The van der Waals surface area contributed by atoms with E-state index in [1.165, 1.54) is 0 Å². The van der Waals surface area contributed by atoms with Gasteiger partial charge in [-0.2, -0.15) is 0 Å². The molecule has 1 aliphatic rings.